The summed E-state index contributed by atoms with van der Waals surface area (Å²) in [5.74, 6) is -7.42. The van der Waals surface area contributed by atoms with Gasteiger partial charge in [0, 0.05) is 11.3 Å². The molecule has 0 nitrogen and oxygen atoms in total. The predicted octanol–water partition coefficient (Wildman–Crippen LogP) is 7.87. The zero-order valence-corrected chi connectivity index (χ0v) is 15.8. The van der Waals surface area contributed by atoms with E-state index in [1.807, 2.05) is 0 Å². The second-order valence-electron chi connectivity index (χ2n) is 8.42. The van der Waals surface area contributed by atoms with Gasteiger partial charge in [-0.2, -0.15) is 52.7 Å². The standard InChI is InChI=1S/C17H18F14/c1-11(13(19,16(26,27)28)17(29,30)31)9-5-3-2-4-8(9)6-7-10(11)12(18,14(20,21)22)15(23,24)25/h8-10H,2-7H2,1H3. The summed E-state index contributed by atoms with van der Waals surface area (Å²) in [4.78, 5) is 0. The van der Waals surface area contributed by atoms with Crippen molar-refractivity contribution in [3.63, 3.8) is 0 Å². The number of alkyl halides is 14. The van der Waals surface area contributed by atoms with E-state index in [1.165, 1.54) is 0 Å². The molecule has 0 N–H and O–H groups in total. The molecule has 0 radical (unpaired) electrons. The van der Waals surface area contributed by atoms with Gasteiger partial charge in [-0.1, -0.05) is 26.2 Å². The summed E-state index contributed by atoms with van der Waals surface area (Å²) in [6, 6.07) is 0. The van der Waals surface area contributed by atoms with Gasteiger partial charge in [0.05, 0.1) is 0 Å². The van der Waals surface area contributed by atoms with E-state index in [2.05, 4.69) is 0 Å². The zero-order valence-electron chi connectivity index (χ0n) is 15.8. The third kappa shape index (κ3) is 3.48. The van der Waals surface area contributed by atoms with Crippen LogP contribution in [-0.2, 0) is 0 Å². The second-order valence-corrected chi connectivity index (χ2v) is 8.42. The molecule has 2 rings (SSSR count). The Balaban J connectivity index is 2.94. The third-order valence-corrected chi connectivity index (χ3v) is 7.06. The van der Waals surface area contributed by atoms with Gasteiger partial charge in [0.2, 0.25) is 0 Å². The highest BCUT2D eigenvalue weighted by Gasteiger charge is 2.88. The van der Waals surface area contributed by atoms with Crippen LogP contribution in [0.15, 0.2) is 0 Å². The number of hydrogen-bond donors (Lipinski definition) is 0. The highest BCUT2D eigenvalue weighted by Crippen LogP contribution is 2.71. The maximum absolute atomic E-state index is 15.3. The van der Waals surface area contributed by atoms with Crippen LogP contribution in [0.5, 0.6) is 0 Å². The molecule has 0 amide bonds. The van der Waals surface area contributed by atoms with Crippen LogP contribution in [0.2, 0.25) is 0 Å². The van der Waals surface area contributed by atoms with Crippen LogP contribution in [0.25, 0.3) is 0 Å². The fourth-order valence-corrected chi connectivity index (χ4v) is 5.72. The first-order valence-corrected chi connectivity index (χ1v) is 9.23. The largest absolute Gasteiger partial charge is 0.432 e. The molecule has 4 atom stereocenters. The van der Waals surface area contributed by atoms with Gasteiger partial charge in [0.1, 0.15) is 0 Å². The molecule has 0 bridgehead atoms. The van der Waals surface area contributed by atoms with Crippen molar-refractivity contribution in [3.8, 4) is 0 Å². The summed E-state index contributed by atoms with van der Waals surface area (Å²) in [6.07, 6.45) is -30.8. The van der Waals surface area contributed by atoms with Crippen molar-refractivity contribution < 1.29 is 61.5 Å². The number of hydrogen-bond acceptors (Lipinski definition) is 0. The van der Waals surface area contributed by atoms with Crippen molar-refractivity contribution in [1.29, 1.82) is 0 Å². The molecule has 0 spiro atoms. The summed E-state index contributed by atoms with van der Waals surface area (Å²) < 4.78 is 192. The van der Waals surface area contributed by atoms with Crippen LogP contribution in [0.3, 0.4) is 0 Å². The fourth-order valence-electron chi connectivity index (χ4n) is 5.72. The van der Waals surface area contributed by atoms with Crippen molar-refractivity contribution in [2.24, 2.45) is 23.2 Å². The van der Waals surface area contributed by atoms with E-state index in [0.717, 1.165) is 0 Å². The zero-order chi connectivity index (χ0) is 24.5. The Labute approximate surface area is 167 Å². The summed E-state index contributed by atoms with van der Waals surface area (Å²) in [7, 11) is 0. The molecule has 0 aromatic carbocycles. The van der Waals surface area contributed by atoms with Gasteiger partial charge < -0.3 is 0 Å². The Morgan fingerprint density at radius 3 is 1.35 bits per heavy atom. The van der Waals surface area contributed by atoms with Gasteiger partial charge in [-0.3, -0.25) is 0 Å². The van der Waals surface area contributed by atoms with E-state index in [9.17, 15) is 57.1 Å². The van der Waals surface area contributed by atoms with E-state index in [1.54, 1.807) is 0 Å². The van der Waals surface area contributed by atoms with Gasteiger partial charge in [0.15, 0.2) is 0 Å². The lowest BCUT2D eigenvalue weighted by molar-refractivity contribution is -0.426. The minimum Gasteiger partial charge on any atom is -0.223 e. The van der Waals surface area contributed by atoms with Crippen LogP contribution < -0.4 is 0 Å². The van der Waals surface area contributed by atoms with E-state index in [0.29, 0.717) is 0 Å². The van der Waals surface area contributed by atoms with Crippen molar-refractivity contribution in [1.82, 2.24) is 0 Å². The van der Waals surface area contributed by atoms with Gasteiger partial charge in [-0.15, -0.1) is 0 Å². The first kappa shape index (κ1) is 26.3. The summed E-state index contributed by atoms with van der Waals surface area (Å²) in [5.41, 5.74) is -17.4. The molecular weight excluding hydrogens is 470 g/mol. The Hall–Kier alpha value is -0.980. The normalized spacial score (nSPS) is 32.0. The van der Waals surface area contributed by atoms with Crippen molar-refractivity contribution >= 4 is 0 Å². The maximum Gasteiger partial charge on any atom is 0.432 e. The lowest BCUT2D eigenvalue weighted by Crippen LogP contribution is -2.75. The van der Waals surface area contributed by atoms with E-state index in [-0.39, 0.29) is 26.2 Å². The SMILES string of the molecule is CC1(C(F)(C(F)(F)F)C(F)(F)F)C2CCCCC2CCC1C(F)(C(F)(F)F)C(F)(F)F. The molecule has 184 valence electrons. The smallest absolute Gasteiger partial charge is 0.223 e. The third-order valence-electron chi connectivity index (χ3n) is 7.06. The molecule has 0 aliphatic heterocycles. The van der Waals surface area contributed by atoms with Gasteiger partial charge in [-0.25, -0.2) is 8.78 Å². The lowest BCUT2D eigenvalue weighted by atomic mass is 9.45. The molecule has 14 heteroatoms. The highest BCUT2D eigenvalue weighted by atomic mass is 19.4. The summed E-state index contributed by atoms with van der Waals surface area (Å²) in [5, 5.41) is 0. The Bertz CT molecular complexity index is 626. The van der Waals surface area contributed by atoms with Crippen LogP contribution in [0.1, 0.15) is 45.4 Å². The molecule has 0 aromatic heterocycles. The molecule has 2 saturated carbocycles. The van der Waals surface area contributed by atoms with E-state index < -0.39 is 78.5 Å². The molecular formula is C17H18F14. The van der Waals surface area contributed by atoms with Crippen molar-refractivity contribution in [2.45, 2.75) is 81.5 Å². The predicted molar refractivity (Wildman–Crippen MR) is 78.2 cm³/mol. The van der Waals surface area contributed by atoms with Crippen molar-refractivity contribution in [2.75, 3.05) is 0 Å². The molecule has 4 unspecified atom stereocenters. The number of halogens is 14. The maximum atomic E-state index is 15.3. The minimum atomic E-state index is -6.95. The average molecular weight is 488 g/mol. The minimum absolute atomic E-state index is 0.115. The Morgan fingerprint density at radius 1 is 0.548 bits per heavy atom. The Kier molecular flexibility index (Phi) is 6.15. The topological polar surface area (TPSA) is 0 Å². The first-order chi connectivity index (χ1) is 13.6. The Morgan fingerprint density at radius 2 is 0.968 bits per heavy atom. The van der Waals surface area contributed by atoms with Gasteiger partial charge >= 0.3 is 36.0 Å². The molecule has 31 heavy (non-hydrogen) atoms. The number of rotatable bonds is 2. The second kappa shape index (κ2) is 7.26. The van der Waals surface area contributed by atoms with E-state index in [4.69, 9.17) is 0 Å². The fraction of sp³-hybridized carbons (Fsp3) is 1.00. The van der Waals surface area contributed by atoms with Gasteiger partial charge in [-0.05, 0) is 31.1 Å². The quantitative estimate of drug-likeness (QED) is 0.347. The molecule has 2 fully saturated rings. The molecule has 2 aliphatic carbocycles. The molecule has 0 heterocycles. The van der Waals surface area contributed by atoms with Crippen LogP contribution in [0.4, 0.5) is 61.5 Å². The van der Waals surface area contributed by atoms with Crippen LogP contribution in [-0.4, -0.2) is 36.0 Å². The van der Waals surface area contributed by atoms with Gasteiger partial charge in [0.25, 0.3) is 0 Å². The number of fused-ring (bicyclic) bond motifs is 1. The summed E-state index contributed by atoms with van der Waals surface area (Å²) >= 11 is 0. The highest BCUT2D eigenvalue weighted by molar-refractivity contribution is 5.20. The van der Waals surface area contributed by atoms with Crippen LogP contribution >= 0.6 is 0 Å². The van der Waals surface area contributed by atoms with Crippen molar-refractivity contribution in [3.05, 3.63) is 0 Å². The average Bonchev–Trinajstić information content (AvgIpc) is 2.56. The molecule has 2 aliphatic rings. The summed E-state index contributed by atoms with van der Waals surface area (Å²) in [6.45, 7) is -0.257. The molecule has 0 saturated heterocycles. The first-order valence-electron chi connectivity index (χ1n) is 9.23. The van der Waals surface area contributed by atoms with E-state index >= 15 is 4.39 Å². The molecule has 0 aromatic rings. The monoisotopic (exact) mass is 488 g/mol. The lowest BCUT2D eigenvalue weighted by Gasteiger charge is -2.61. The van der Waals surface area contributed by atoms with Crippen LogP contribution in [0, 0.1) is 23.2 Å².